The van der Waals surface area contributed by atoms with Gasteiger partial charge in [-0.05, 0) is 37.3 Å². The summed E-state index contributed by atoms with van der Waals surface area (Å²) in [6.07, 6.45) is -5.21. The van der Waals surface area contributed by atoms with Crippen molar-refractivity contribution in [2.45, 2.75) is 23.0 Å². The Balaban J connectivity index is 2.35. The molecule has 0 spiro atoms. The van der Waals surface area contributed by atoms with Gasteiger partial charge in [0.2, 0.25) is 9.84 Å². The van der Waals surface area contributed by atoms with E-state index in [1.165, 1.54) is 42.5 Å². The van der Waals surface area contributed by atoms with Crippen molar-refractivity contribution in [2.24, 2.45) is 0 Å². The number of aromatic amines is 1. The van der Waals surface area contributed by atoms with Crippen molar-refractivity contribution in [3.63, 3.8) is 0 Å². The number of carbonyl (C=O) groups is 1. The molecule has 2 aromatic carbocycles. The molecule has 0 radical (unpaired) electrons. The second-order valence-electron chi connectivity index (χ2n) is 5.66. The van der Waals surface area contributed by atoms with E-state index in [1.54, 1.807) is 6.92 Å². The zero-order valence-electron chi connectivity index (χ0n) is 13.2. The summed E-state index contributed by atoms with van der Waals surface area (Å²) in [7, 11) is -4.36. The third-order valence-corrected chi connectivity index (χ3v) is 6.04. The first kappa shape index (κ1) is 18.7. The van der Waals surface area contributed by atoms with Crippen LogP contribution in [0.1, 0.15) is 15.9 Å². The van der Waals surface area contributed by atoms with Gasteiger partial charge in [-0.15, -0.1) is 0 Å². The number of rotatable bonds is 3. The number of sulfone groups is 1. The van der Waals surface area contributed by atoms with Crippen LogP contribution >= 0.6 is 15.9 Å². The number of aryl methyl sites for hydroxylation is 1. The minimum absolute atomic E-state index is 0.117. The van der Waals surface area contributed by atoms with Crippen LogP contribution in [0, 0.1) is 6.92 Å². The van der Waals surface area contributed by atoms with Gasteiger partial charge >= 0.3 is 6.18 Å². The fourth-order valence-electron chi connectivity index (χ4n) is 2.54. The van der Waals surface area contributed by atoms with Crippen LogP contribution in [0.4, 0.5) is 13.2 Å². The van der Waals surface area contributed by atoms with Gasteiger partial charge in [0.05, 0.1) is 10.5 Å². The second kappa shape index (κ2) is 6.24. The molecule has 9 heteroatoms. The van der Waals surface area contributed by atoms with E-state index in [0.717, 1.165) is 5.56 Å². The lowest BCUT2D eigenvalue weighted by molar-refractivity contribution is -0.0886. The number of H-pyrrole nitrogens is 1. The maximum atomic E-state index is 13.1. The fourth-order valence-corrected chi connectivity index (χ4v) is 4.35. The molecule has 0 bridgehead atoms. The van der Waals surface area contributed by atoms with Crippen LogP contribution in [0.5, 0.6) is 0 Å². The Morgan fingerprint density at radius 1 is 1.08 bits per heavy atom. The van der Waals surface area contributed by atoms with E-state index >= 15 is 0 Å². The minimum Gasteiger partial charge on any atom is -0.345 e. The number of alkyl halides is 3. The molecule has 0 fully saturated rings. The molecule has 3 rings (SSSR count). The van der Waals surface area contributed by atoms with E-state index in [2.05, 4.69) is 20.9 Å². The van der Waals surface area contributed by atoms with Gasteiger partial charge in [-0.3, -0.25) is 4.79 Å². The number of fused-ring (bicyclic) bond motifs is 1. The van der Waals surface area contributed by atoms with E-state index in [4.69, 9.17) is 0 Å². The van der Waals surface area contributed by atoms with Gasteiger partial charge in [0.15, 0.2) is 0 Å². The lowest BCUT2D eigenvalue weighted by atomic mass is 10.1. The number of Topliss-reactive ketones (excluding diaryl/α,β-unsaturated/α-hetero) is 1. The Kier molecular flexibility index (Phi) is 4.48. The molecule has 0 aliphatic heterocycles. The number of benzene rings is 2. The van der Waals surface area contributed by atoms with Crippen molar-refractivity contribution in [1.29, 1.82) is 0 Å². The summed E-state index contributed by atoms with van der Waals surface area (Å²) in [4.78, 5) is 14.2. The van der Waals surface area contributed by atoms with E-state index in [9.17, 15) is 26.4 Å². The van der Waals surface area contributed by atoms with Crippen molar-refractivity contribution in [3.05, 3.63) is 58.1 Å². The average Bonchev–Trinajstić information content (AvgIpc) is 2.92. The van der Waals surface area contributed by atoms with Crippen LogP contribution in [0.15, 0.2) is 56.9 Å². The quantitative estimate of drug-likeness (QED) is 0.587. The smallest absolute Gasteiger partial charge is 0.345 e. The van der Waals surface area contributed by atoms with Crippen molar-refractivity contribution in [1.82, 2.24) is 4.98 Å². The molecule has 136 valence electrons. The van der Waals surface area contributed by atoms with Gasteiger partial charge in [-0.2, -0.15) is 13.2 Å². The zero-order valence-corrected chi connectivity index (χ0v) is 15.6. The number of hydrogen-bond donors (Lipinski definition) is 1. The average molecular weight is 446 g/mol. The van der Waals surface area contributed by atoms with Gasteiger partial charge < -0.3 is 4.98 Å². The molecular weight excluding hydrogens is 435 g/mol. The number of halogens is 4. The molecule has 1 aromatic heterocycles. The number of hydrogen-bond acceptors (Lipinski definition) is 3. The van der Waals surface area contributed by atoms with Crippen molar-refractivity contribution >= 4 is 42.5 Å². The summed E-state index contributed by atoms with van der Waals surface area (Å²) in [6, 6.07) is 9.83. The van der Waals surface area contributed by atoms with Crippen LogP contribution in [-0.4, -0.2) is 25.4 Å². The second-order valence-corrected chi connectivity index (χ2v) is 8.46. The van der Waals surface area contributed by atoms with Crippen LogP contribution < -0.4 is 0 Å². The molecule has 0 unspecified atom stereocenters. The van der Waals surface area contributed by atoms with Crippen LogP contribution in [-0.2, 0) is 9.84 Å². The highest BCUT2D eigenvalue weighted by Gasteiger charge is 2.44. The SMILES string of the molecule is Cc1ccc(S(=O)(=O)c2[nH]c3ccc(Br)cc3c2C(=O)C(F)(F)F)cc1. The number of nitrogens with one attached hydrogen (secondary N) is 1. The molecule has 0 saturated heterocycles. The van der Waals surface area contributed by atoms with E-state index in [-0.39, 0.29) is 15.8 Å². The normalized spacial score (nSPS) is 12.5. The third-order valence-electron chi connectivity index (χ3n) is 3.81. The molecule has 3 aromatic rings. The maximum Gasteiger partial charge on any atom is 0.454 e. The molecule has 26 heavy (non-hydrogen) atoms. The molecule has 1 N–H and O–H groups in total. The first-order chi connectivity index (χ1) is 12.0. The standard InChI is InChI=1S/C17H11BrF3NO3S/c1-9-2-5-11(6-3-9)26(24,25)16-14(15(23)17(19,20)21)12-8-10(18)4-7-13(12)22-16/h2-8,22H,1H3. The number of carbonyl (C=O) groups excluding carboxylic acids is 1. The Hall–Kier alpha value is -2.13. The summed E-state index contributed by atoms with van der Waals surface area (Å²) in [5.74, 6) is -2.22. The molecular formula is C17H11BrF3NO3S. The molecule has 1 heterocycles. The predicted molar refractivity (Wildman–Crippen MR) is 93.0 cm³/mol. The van der Waals surface area contributed by atoms with Crippen molar-refractivity contribution < 1.29 is 26.4 Å². The number of ketones is 1. The Morgan fingerprint density at radius 2 is 1.69 bits per heavy atom. The van der Waals surface area contributed by atoms with Crippen LogP contribution in [0.3, 0.4) is 0 Å². The summed E-state index contributed by atoms with van der Waals surface area (Å²) in [5, 5.41) is -0.885. The highest BCUT2D eigenvalue weighted by molar-refractivity contribution is 9.10. The van der Waals surface area contributed by atoms with Gasteiger partial charge in [-0.1, -0.05) is 33.6 Å². The summed E-state index contributed by atoms with van der Waals surface area (Å²) in [5.41, 5.74) is -0.00280. The van der Waals surface area contributed by atoms with Crippen molar-refractivity contribution in [3.8, 4) is 0 Å². The third kappa shape index (κ3) is 3.16. The molecule has 0 aliphatic rings. The van der Waals surface area contributed by atoms with Crippen LogP contribution in [0.25, 0.3) is 10.9 Å². The Bertz CT molecular complexity index is 1120. The Labute approximate surface area is 155 Å². The van der Waals surface area contributed by atoms with Crippen LogP contribution in [0.2, 0.25) is 0 Å². The summed E-state index contributed by atoms with van der Waals surface area (Å²) < 4.78 is 65.5. The minimum atomic E-state index is -5.21. The molecule has 4 nitrogen and oxygen atoms in total. The number of aromatic nitrogens is 1. The predicted octanol–water partition coefficient (Wildman–Crippen LogP) is 4.82. The van der Waals surface area contributed by atoms with Gasteiger partial charge in [0.25, 0.3) is 5.78 Å². The van der Waals surface area contributed by atoms with Gasteiger partial charge in [-0.25, -0.2) is 8.42 Å². The lowest BCUT2D eigenvalue weighted by Gasteiger charge is -2.08. The van der Waals surface area contributed by atoms with E-state index in [0.29, 0.717) is 4.47 Å². The fraction of sp³-hybridized carbons (Fsp3) is 0.118. The van der Waals surface area contributed by atoms with Gasteiger partial charge in [0.1, 0.15) is 5.03 Å². The maximum absolute atomic E-state index is 13.1. The summed E-state index contributed by atoms with van der Waals surface area (Å²) in [6.45, 7) is 1.75. The summed E-state index contributed by atoms with van der Waals surface area (Å²) >= 11 is 3.12. The van der Waals surface area contributed by atoms with E-state index in [1.807, 2.05) is 0 Å². The highest BCUT2D eigenvalue weighted by Crippen LogP contribution is 2.35. The molecule has 0 atom stereocenters. The molecule has 0 aliphatic carbocycles. The first-order valence-corrected chi connectivity index (χ1v) is 9.54. The lowest BCUT2D eigenvalue weighted by Crippen LogP contribution is -2.24. The Morgan fingerprint density at radius 3 is 2.27 bits per heavy atom. The first-order valence-electron chi connectivity index (χ1n) is 7.26. The van der Waals surface area contributed by atoms with Crippen molar-refractivity contribution in [2.75, 3.05) is 0 Å². The highest BCUT2D eigenvalue weighted by atomic mass is 79.9. The zero-order chi connectivity index (χ0) is 19.3. The van der Waals surface area contributed by atoms with Gasteiger partial charge in [0, 0.05) is 15.4 Å². The monoisotopic (exact) mass is 445 g/mol. The molecule has 0 amide bonds. The molecule has 0 saturated carbocycles. The largest absolute Gasteiger partial charge is 0.454 e. The topological polar surface area (TPSA) is 67.0 Å². The van der Waals surface area contributed by atoms with E-state index < -0.39 is 32.4 Å².